The van der Waals surface area contributed by atoms with Crippen LogP contribution in [-0.4, -0.2) is 80.6 Å². The van der Waals surface area contributed by atoms with Gasteiger partial charge in [0.2, 0.25) is 5.91 Å². The van der Waals surface area contributed by atoms with Crippen LogP contribution in [0.25, 0.3) is 22.3 Å². The Labute approximate surface area is 229 Å². The summed E-state index contributed by atoms with van der Waals surface area (Å²) in [5.41, 5.74) is 0.918. The molecule has 0 bridgehead atoms. The van der Waals surface area contributed by atoms with Crippen LogP contribution in [0.15, 0.2) is 31.0 Å². The van der Waals surface area contributed by atoms with Crippen molar-refractivity contribution in [3.8, 4) is 22.9 Å². The van der Waals surface area contributed by atoms with Gasteiger partial charge in [-0.2, -0.15) is 0 Å². The number of amides is 1. The molecule has 1 saturated heterocycles. The fourth-order valence-electron chi connectivity index (χ4n) is 3.98. The Morgan fingerprint density at radius 1 is 1.13 bits per heavy atom. The van der Waals surface area contributed by atoms with E-state index in [1.54, 1.807) is 19.4 Å². The molecule has 0 saturated carbocycles. The first kappa shape index (κ1) is 27.6. The normalized spacial score (nSPS) is 16.8. The molecule has 2 aromatic heterocycles. The Kier molecular flexibility index (Phi) is 9.05. The van der Waals surface area contributed by atoms with Gasteiger partial charge in [-0.05, 0) is 12.1 Å². The fourth-order valence-corrected chi connectivity index (χ4v) is 4.65. The van der Waals surface area contributed by atoms with Crippen LogP contribution >= 0.6 is 23.2 Å². The number of nitrogens with zero attached hydrogens (tertiary/aromatic N) is 3. The Morgan fingerprint density at radius 2 is 1.84 bits per heavy atom. The van der Waals surface area contributed by atoms with Gasteiger partial charge in [0, 0.05) is 25.1 Å². The quantitative estimate of drug-likeness (QED) is 0.235. The molecule has 11 nitrogen and oxygen atoms in total. The first-order chi connectivity index (χ1) is 18.4. The molecule has 0 aliphatic carbocycles. The highest BCUT2D eigenvalue weighted by Gasteiger charge is 2.29. The number of fused-ring (bicyclic) bond motifs is 1. The number of benzene rings is 1. The number of rotatable bonds is 11. The summed E-state index contributed by atoms with van der Waals surface area (Å²) < 4.78 is 21.5. The molecule has 3 heterocycles. The summed E-state index contributed by atoms with van der Waals surface area (Å²) in [6.07, 6.45) is 2.85. The Hall–Kier alpha value is -3.38. The summed E-state index contributed by atoms with van der Waals surface area (Å²) >= 11 is 13.3. The number of carbonyl (C=O) groups excluding carboxylic acids is 1. The van der Waals surface area contributed by atoms with Crippen molar-refractivity contribution in [1.29, 1.82) is 0 Å². The zero-order valence-corrected chi connectivity index (χ0v) is 22.7. The van der Waals surface area contributed by atoms with Crippen molar-refractivity contribution < 1.29 is 23.7 Å². The molecule has 0 unspecified atom stereocenters. The SMILES string of the molecule is C=CC(=O)N[C@H]1COC[C@H]1Nc1cc2c(NCCOC)nc(-c3c(Cl)c(OC)cc(OC)c3Cl)nc2cn1. The zero-order chi connectivity index (χ0) is 27.2. The maximum Gasteiger partial charge on any atom is 0.243 e. The third kappa shape index (κ3) is 5.86. The van der Waals surface area contributed by atoms with Crippen LogP contribution in [0.1, 0.15) is 0 Å². The van der Waals surface area contributed by atoms with E-state index in [2.05, 4.69) is 27.5 Å². The van der Waals surface area contributed by atoms with Crippen molar-refractivity contribution >= 4 is 51.6 Å². The second-order valence-corrected chi connectivity index (χ2v) is 9.05. The van der Waals surface area contributed by atoms with Crippen LogP contribution in [0.2, 0.25) is 10.0 Å². The van der Waals surface area contributed by atoms with Gasteiger partial charge in [-0.25, -0.2) is 15.0 Å². The Bertz CT molecular complexity index is 1310. The van der Waals surface area contributed by atoms with Crippen LogP contribution < -0.4 is 25.4 Å². The van der Waals surface area contributed by atoms with Crippen LogP contribution in [0.4, 0.5) is 11.6 Å². The zero-order valence-electron chi connectivity index (χ0n) is 21.1. The highest BCUT2D eigenvalue weighted by molar-refractivity contribution is 6.41. The van der Waals surface area contributed by atoms with Gasteiger partial charge in [0.05, 0.1) is 73.4 Å². The molecular formula is C25H28Cl2N6O5. The lowest BCUT2D eigenvalue weighted by Gasteiger charge is -2.20. The van der Waals surface area contributed by atoms with Crippen LogP contribution in [0.5, 0.6) is 11.5 Å². The number of pyridine rings is 1. The highest BCUT2D eigenvalue weighted by atomic mass is 35.5. The lowest BCUT2D eigenvalue weighted by atomic mass is 10.1. The number of anilines is 2. The van der Waals surface area contributed by atoms with E-state index in [0.717, 1.165) is 0 Å². The van der Waals surface area contributed by atoms with Gasteiger partial charge < -0.3 is 34.9 Å². The number of methoxy groups -OCH3 is 3. The van der Waals surface area contributed by atoms with Crippen molar-refractivity contribution in [2.45, 2.75) is 12.1 Å². The minimum Gasteiger partial charge on any atom is -0.495 e. The molecule has 4 rings (SSSR count). The molecular weight excluding hydrogens is 535 g/mol. The fraction of sp³-hybridized carbons (Fsp3) is 0.360. The van der Waals surface area contributed by atoms with Gasteiger partial charge in [0.25, 0.3) is 0 Å². The predicted octanol–water partition coefficient (Wildman–Crippen LogP) is 3.56. The topological polar surface area (TPSA) is 129 Å². The average molecular weight is 563 g/mol. The summed E-state index contributed by atoms with van der Waals surface area (Å²) in [5.74, 6) is 1.83. The van der Waals surface area contributed by atoms with Gasteiger partial charge in [-0.3, -0.25) is 4.79 Å². The van der Waals surface area contributed by atoms with E-state index in [-0.39, 0.29) is 33.9 Å². The smallest absolute Gasteiger partial charge is 0.243 e. The van der Waals surface area contributed by atoms with Crippen molar-refractivity contribution in [2.75, 3.05) is 58.3 Å². The molecule has 0 spiro atoms. The number of hydrogen-bond donors (Lipinski definition) is 3. The number of hydrogen-bond acceptors (Lipinski definition) is 10. The lowest BCUT2D eigenvalue weighted by molar-refractivity contribution is -0.117. The van der Waals surface area contributed by atoms with Gasteiger partial charge >= 0.3 is 0 Å². The average Bonchev–Trinajstić information content (AvgIpc) is 3.35. The molecule has 3 aromatic rings. The van der Waals surface area contributed by atoms with Crippen LogP contribution in [0.3, 0.4) is 0 Å². The van der Waals surface area contributed by atoms with Gasteiger partial charge in [-0.15, -0.1) is 0 Å². The monoisotopic (exact) mass is 562 g/mol. The molecule has 1 aliphatic heterocycles. The summed E-state index contributed by atoms with van der Waals surface area (Å²) in [7, 11) is 4.61. The van der Waals surface area contributed by atoms with Gasteiger partial charge in [0.15, 0.2) is 5.82 Å². The number of ether oxygens (including phenoxy) is 4. The maximum atomic E-state index is 11.8. The molecule has 202 valence electrons. The van der Waals surface area contributed by atoms with E-state index in [1.807, 2.05) is 6.07 Å². The standard InChI is InChI=1S/C25H28Cl2N6O5/c1-5-20(34)31-16-12-38-11-15(16)30-19-8-13-14(10-29-19)32-25(33-24(13)28-6-7-35-2)21-22(26)17(36-3)9-18(37-4)23(21)27/h5,8-10,15-16H,1,6-7,11-12H2,2-4H3,(H,29,30)(H,31,34)(H,28,32,33)/t15-,16+/m1/s1. The molecule has 3 N–H and O–H groups in total. The highest BCUT2D eigenvalue weighted by Crippen LogP contribution is 2.45. The van der Waals surface area contributed by atoms with Crippen LogP contribution in [-0.2, 0) is 14.3 Å². The Balaban J connectivity index is 1.76. The van der Waals surface area contributed by atoms with E-state index in [4.69, 9.17) is 52.1 Å². The summed E-state index contributed by atoms with van der Waals surface area (Å²) in [6.45, 7) is 5.23. The third-order valence-corrected chi connectivity index (χ3v) is 6.66. The van der Waals surface area contributed by atoms with E-state index in [0.29, 0.717) is 66.0 Å². The molecule has 38 heavy (non-hydrogen) atoms. The van der Waals surface area contributed by atoms with Crippen molar-refractivity contribution in [3.63, 3.8) is 0 Å². The molecule has 13 heteroatoms. The van der Waals surface area contributed by atoms with Crippen LogP contribution in [0, 0.1) is 0 Å². The van der Waals surface area contributed by atoms with E-state index >= 15 is 0 Å². The Morgan fingerprint density at radius 3 is 2.50 bits per heavy atom. The van der Waals surface area contributed by atoms with Crippen molar-refractivity contribution in [1.82, 2.24) is 20.3 Å². The second-order valence-electron chi connectivity index (χ2n) is 8.29. The molecule has 1 amide bonds. The lowest BCUT2D eigenvalue weighted by Crippen LogP contribution is -2.45. The largest absolute Gasteiger partial charge is 0.495 e. The van der Waals surface area contributed by atoms with E-state index < -0.39 is 0 Å². The number of nitrogens with one attached hydrogen (secondary N) is 3. The number of halogens is 2. The van der Waals surface area contributed by atoms with Crippen molar-refractivity contribution in [2.24, 2.45) is 0 Å². The minimum atomic E-state index is -0.268. The second kappa shape index (κ2) is 12.4. The number of aromatic nitrogens is 3. The summed E-state index contributed by atoms with van der Waals surface area (Å²) in [6, 6.07) is 3.01. The first-order valence-electron chi connectivity index (χ1n) is 11.7. The first-order valence-corrected chi connectivity index (χ1v) is 12.4. The molecule has 1 aromatic carbocycles. The molecule has 1 fully saturated rings. The van der Waals surface area contributed by atoms with Gasteiger partial charge in [0.1, 0.15) is 23.1 Å². The van der Waals surface area contributed by atoms with E-state index in [1.165, 1.54) is 20.3 Å². The predicted molar refractivity (Wildman–Crippen MR) is 147 cm³/mol. The third-order valence-electron chi connectivity index (χ3n) is 5.90. The molecule has 2 atom stereocenters. The van der Waals surface area contributed by atoms with Crippen molar-refractivity contribution in [3.05, 3.63) is 41.0 Å². The number of carbonyl (C=O) groups is 1. The molecule has 0 radical (unpaired) electrons. The summed E-state index contributed by atoms with van der Waals surface area (Å²) in [5, 5.41) is 10.7. The molecule has 1 aliphatic rings. The maximum absolute atomic E-state index is 11.8. The minimum absolute atomic E-state index is 0.184. The summed E-state index contributed by atoms with van der Waals surface area (Å²) in [4.78, 5) is 25.8. The van der Waals surface area contributed by atoms with Gasteiger partial charge in [-0.1, -0.05) is 29.8 Å². The van der Waals surface area contributed by atoms with E-state index in [9.17, 15) is 4.79 Å².